The van der Waals surface area contributed by atoms with Crippen LogP contribution in [-0.2, 0) is 16.0 Å². The van der Waals surface area contributed by atoms with Crippen molar-refractivity contribution >= 4 is 41.3 Å². The quantitative estimate of drug-likeness (QED) is 0.456. The van der Waals surface area contributed by atoms with Gasteiger partial charge in [0, 0.05) is 37.0 Å². The topological polar surface area (TPSA) is 46.1 Å². The molecule has 0 bridgehead atoms. The van der Waals surface area contributed by atoms with Crippen molar-refractivity contribution < 1.29 is 9.47 Å². The third-order valence-corrected chi connectivity index (χ3v) is 4.22. The lowest BCUT2D eigenvalue weighted by molar-refractivity contribution is -0.0447. The second-order valence-corrected chi connectivity index (χ2v) is 6.18. The molecule has 1 aliphatic heterocycles. The Labute approximate surface area is 147 Å². The van der Waals surface area contributed by atoms with Gasteiger partial charge < -0.3 is 19.7 Å². The number of hydrogen-bond donors (Lipinski definition) is 1. The largest absolute Gasteiger partial charge is 0.382 e. The molecule has 1 aromatic rings. The molecule has 1 unspecified atom stereocenters. The number of nitrogens with one attached hydrogen (secondary N) is 1. The third-order valence-electron chi connectivity index (χ3n) is 3.22. The van der Waals surface area contributed by atoms with Gasteiger partial charge in [-0.2, -0.15) is 0 Å². The number of methoxy groups -OCH3 is 1. The van der Waals surface area contributed by atoms with E-state index in [0.29, 0.717) is 13.2 Å². The van der Waals surface area contributed by atoms with Gasteiger partial charge in [-0.05, 0) is 19.1 Å². The standard InChI is InChI=1S/C14H23N3O2S.HI/c1-11-4-5-13(20-11)8-16-14(15-2)17-6-7-19-12(9-17)10-18-3;/h4-5,12H,6-10H2,1-3H3,(H,15,16);1H. The van der Waals surface area contributed by atoms with E-state index in [0.717, 1.165) is 25.6 Å². The molecule has 1 aliphatic rings. The molecule has 120 valence electrons. The Hall–Kier alpha value is -0.380. The maximum atomic E-state index is 5.66. The van der Waals surface area contributed by atoms with Crippen molar-refractivity contribution in [3.05, 3.63) is 21.9 Å². The van der Waals surface area contributed by atoms with Crippen LogP contribution in [0, 0.1) is 6.92 Å². The summed E-state index contributed by atoms with van der Waals surface area (Å²) in [5.74, 6) is 0.931. The monoisotopic (exact) mass is 425 g/mol. The lowest BCUT2D eigenvalue weighted by Crippen LogP contribution is -2.51. The first-order valence-electron chi connectivity index (χ1n) is 6.84. The van der Waals surface area contributed by atoms with Crippen molar-refractivity contribution in [1.29, 1.82) is 0 Å². The van der Waals surface area contributed by atoms with E-state index in [-0.39, 0.29) is 30.1 Å². The Morgan fingerprint density at radius 2 is 2.38 bits per heavy atom. The van der Waals surface area contributed by atoms with Gasteiger partial charge in [0.05, 0.1) is 25.9 Å². The van der Waals surface area contributed by atoms with E-state index in [1.54, 1.807) is 7.11 Å². The van der Waals surface area contributed by atoms with Gasteiger partial charge in [-0.1, -0.05) is 0 Å². The molecule has 1 N–H and O–H groups in total. The summed E-state index contributed by atoms with van der Waals surface area (Å²) in [4.78, 5) is 9.26. The molecular weight excluding hydrogens is 401 g/mol. The van der Waals surface area contributed by atoms with Gasteiger partial charge in [0.1, 0.15) is 0 Å². The Morgan fingerprint density at radius 1 is 1.57 bits per heavy atom. The van der Waals surface area contributed by atoms with Gasteiger partial charge in [0.15, 0.2) is 5.96 Å². The molecule has 1 fully saturated rings. The number of rotatable bonds is 4. The number of hydrogen-bond acceptors (Lipinski definition) is 4. The molecule has 1 aromatic heterocycles. The van der Waals surface area contributed by atoms with Gasteiger partial charge in [0.2, 0.25) is 0 Å². The number of guanidine groups is 1. The lowest BCUT2D eigenvalue weighted by Gasteiger charge is -2.34. The fourth-order valence-electron chi connectivity index (χ4n) is 2.28. The van der Waals surface area contributed by atoms with Crippen LogP contribution >= 0.6 is 35.3 Å². The molecule has 5 nitrogen and oxygen atoms in total. The number of ether oxygens (including phenoxy) is 2. The van der Waals surface area contributed by atoms with E-state index in [1.807, 2.05) is 18.4 Å². The van der Waals surface area contributed by atoms with Crippen molar-refractivity contribution in [3.8, 4) is 0 Å². The molecule has 1 saturated heterocycles. The summed E-state index contributed by atoms with van der Waals surface area (Å²) in [6.45, 7) is 5.96. The second kappa shape index (κ2) is 9.60. The Balaban J connectivity index is 0.00000220. The van der Waals surface area contributed by atoms with Crippen LogP contribution in [0.25, 0.3) is 0 Å². The zero-order chi connectivity index (χ0) is 14.4. The minimum Gasteiger partial charge on any atom is -0.382 e. The first-order valence-corrected chi connectivity index (χ1v) is 7.66. The molecule has 21 heavy (non-hydrogen) atoms. The predicted octanol–water partition coefficient (Wildman–Crippen LogP) is 2.10. The van der Waals surface area contributed by atoms with Gasteiger partial charge in [0.25, 0.3) is 0 Å². The molecule has 2 heterocycles. The average molecular weight is 425 g/mol. The number of halogens is 1. The molecule has 0 aliphatic carbocycles. The third kappa shape index (κ3) is 5.72. The van der Waals surface area contributed by atoms with Gasteiger partial charge in [-0.3, -0.25) is 4.99 Å². The van der Waals surface area contributed by atoms with Crippen molar-refractivity contribution in [3.63, 3.8) is 0 Å². The summed E-state index contributed by atoms with van der Waals surface area (Å²) in [6, 6.07) is 4.31. The molecular formula is C14H24IN3O2S. The highest BCUT2D eigenvalue weighted by Crippen LogP contribution is 2.14. The molecule has 0 saturated carbocycles. The highest BCUT2D eigenvalue weighted by molar-refractivity contribution is 14.0. The van der Waals surface area contributed by atoms with Crippen LogP contribution in [0.15, 0.2) is 17.1 Å². The van der Waals surface area contributed by atoms with Crippen molar-refractivity contribution in [2.75, 3.05) is 40.5 Å². The van der Waals surface area contributed by atoms with Crippen LogP contribution in [-0.4, -0.2) is 57.4 Å². The zero-order valence-corrected chi connectivity index (χ0v) is 15.9. The summed E-state index contributed by atoms with van der Waals surface area (Å²) in [5.41, 5.74) is 0. The highest BCUT2D eigenvalue weighted by atomic mass is 127. The predicted molar refractivity (Wildman–Crippen MR) is 97.9 cm³/mol. The van der Waals surface area contributed by atoms with Crippen molar-refractivity contribution in [1.82, 2.24) is 10.2 Å². The highest BCUT2D eigenvalue weighted by Gasteiger charge is 2.22. The summed E-state index contributed by atoms with van der Waals surface area (Å²) < 4.78 is 10.8. The smallest absolute Gasteiger partial charge is 0.194 e. The SMILES string of the molecule is CN=C(NCc1ccc(C)s1)N1CCOC(COC)C1.I. The van der Waals surface area contributed by atoms with Crippen LogP contribution in [0.5, 0.6) is 0 Å². The molecule has 0 radical (unpaired) electrons. The summed E-state index contributed by atoms with van der Waals surface area (Å²) in [5, 5.41) is 3.42. The maximum Gasteiger partial charge on any atom is 0.194 e. The van der Waals surface area contributed by atoms with Crippen LogP contribution in [0.2, 0.25) is 0 Å². The molecule has 0 spiro atoms. The van der Waals surface area contributed by atoms with E-state index in [4.69, 9.17) is 9.47 Å². The number of aliphatic imine (C=N–C) groups is 1. The first-order chi connectivity index (χ1) is 9.72. The van der Waals surface area contributed by atoms with E-state index >= 15 is 0 Å². The number of aryl methyl sites for hydroxylation is 1. The van der Waals surface area contributed by atoms with E-state index in [1.165, 1.54) is 9.75 Å². The number of morpholine rings is 1. The summed E-state index contributed by atoms with van der Waals surface area (Å²) >= 11 is 1.81. The summed E-state index contributed by atoms with van der Waals surface area (Å²) in [6.07, 6.45) is 0.122. The number of thiophene rings is 1. The second-order valence-electron chi connectivity index (χ2n) is 4.81. The molecule has 7 heteroatoms. The Kier molecular flexibility index (Phi) is 8.53. The molecule has 0 aromatic carbocycles. The van der Waals surface area contributed by atoms with E-state index in [9.17, 15) is 0 Å². The fraction of sp³-hybridized carbons (Fsp3) is 0.643. The minimum absolute atomic E-state index is 0. The Morgan fingerprint density at radius 3 is 3.00 bits per heavy atom. The molecule has 2 rings (SSSR count). The lowest BCUT2D eigenvalue weighted by atomic mass is 10.3. The van der Waals surface area contributed by atoms with Gasteiger partial charge in [-0.25, -0.2) is 0 Å². The average Bonchev–Trinajstić information content (AvgIpc) is 2.86. The number of nitrogens with zero attached hydrogens (tertiary/aromatic N) is 2. The normalized spacial score (nSPS) is 19.3. The van der Waals surface area contributed by atoms with Crippen LogP contribution in [0.4, 0.5) is 0 Å². The minimum atomic E-state index is 0. The van der Waals surface area contributed by atoms with Crippen LogP contribution in [0.3, 0.4) is 0 Å². The van der Waals surface area contributed by atoms with Crippen LogP contribution in [0.1, 0.15) is 9.75 Å². The first kappa shape index (κ1) is 18.7. The van der Waals surface area contributed by atoms with Gasteiger partial charge in [-0.15, -0.1) is 35.3 Å². The van der Waals surface area contributed by atoms with Crippen molar-refractivity contribution in [2.24, 2.45) is 4.99 Å². The maximum absolute atomic E-state index is 5.66. The van der Waals surface area contributed by atoms with Crippen LogP contribution < -0.4 is 5.32 Å². The summed E-state index contributed by atoms with van der Waals surface area (Å²) in [7, 11) is 3.53. The molecule has 1 atom stereocenters. The van der Waals surface area contributed by atoms with E-state index in [2.05, 4.69) is 34.3 Å². The Bertz CT molecular complexity index is 451. The fourth-order valence-corrected chi connectivity index (χ4v) is 3.11. The van der Waals surface area contributed by atoms with E-state index < -0.39 is 0 Å². The zero-order valence-electron chi connectivity index (χ0n) is 12.8. The van der Waals surface area contributed by atoms with Gasteiger partial charge >= 0.3 is 0 Å². The van der Waals surface area contributed by atoms with Crippen molar-refractivity contribution in [2.45, 2.75) is 19.6 Å². The molecule has 0 amide bonds.